The van der Waals surface area contributed by atoms with Gasteiger partial charge in [0.1, 0.15) is 12.1 Å². The number of rotatable bonds is 6. The molecule has 2 bridgehead atoms. The predicted molar refractivity (Wildman–Crippen MR) is 116 cm³/mol. The van der Waals surface area contributed by atoms with Crippen LogP contribution in [0.1, 0.15) is 50.2 Å². The highest BCUT2D eigenvalue weighted by atomic mass is 19.3. The number of aliphatic hydroxyl groups excluding tert-OH is 1. The third-order valence-electron chi connectivity index (χ3n) is 7.20. The second-order valence-corrected chi connectivity index (χ2v) is 9.36. The van der Waals surface area contributed by atoms with E-state index < -0.39 is 60.2 Å². The van der Waals surface area contributed by atoms with Crippen LogP contribution in [0.5, 0.6) is 0 Å². The third kappa shape index (κ3) is 4.62. The number of aliphatic hydroxyl groups is 1. The molecular formula is C24H28F2N4O4. The average molecular weight is 475 g/mol. The molecule has 1 aromatic rings. The van der Waals surface area contributed by atoms with E-state index in [1.54, 1.807) is 30.3 Å². The first-order chi connectivity index (χ1) is 16.2. The highest BCUT2D eigenvalue weighted by Gasteiger charge is 2.61. The van der Waals surface area contributed by atoms with Crippen molar-refractivity contribution in [2.24, 2.45) is 11.8 Å². The number of halogens is 2. The van der Waals surface area contributed by atoms with Crippen molar-refractivity contribution in [2.45, 2.75) is 68.7 Å². The minimum absolute atomic E-state index is 0.0587. The monoisotopic (exact) mass is 474 g/mol. The number of nitrogens with one attached hydrogen (secondary N) is 2. The number of amides is 3. The van der Waals surface area contributed by atoms with E-state index in [2.05, 4.69) is 10.6 Å². The molecule has 1 aliphatic carbocycles. The van der Waals surface area contributed by atoms with Crippen LogP contribution in [0.2, 0.25) is 0 Å². The lowest BCUT2D eigenvalue weighted by molar-refractivity contribution is -0.198. The topological polar surface area (TPSA) is 123 Å². The molecule has 0 aromatic heterocycles. The summed E-state index contributed by atoms with van der Waals surface area (Å²) in [6.45, 7) is 0.556. The summed E-state index contributed by atoms with van der Waals surface area (Å²) in [6.07, 6.45) is -0.419. The summed E-state index contributed by atoms with van der Waals surface area (Å²) in [5.74, 6) is -6.89. The fourth-order valence-electron chi connectivity index (χ4n) is 5.49. The molecule has 3 N–H and O–H groups in total. The lowest BCUT2D eigenvalue weighted by atomic mass is 9.71. The summed E-state index contributed by atoms with van der Waals surface area (Å²) in [4.78, 5) is 39.7. The van der Waals surface area contributed by atoms with Crippen molar-refractivity contribution in [2.75, 3.05) is 6.54 Å². The summed E-state index contributed by atoms with van der Waals surface area (Å²) < 4.78 is 29.6. The van der Waals surface area contributed by atoms with Crippen LogP contribution in [0.25, 0.3) is 0 Å². The molecule has 1 aromatic carbocycles. The number of piperidine rings is 3. The first kappa shape index (κ1) is 24.1. The highest BCUT2D eigenvalue weighted by Crippen LogP contribution is 2.49. The molecule has 3 saturated heterocycles. The summed E-state index contributed by atoms with van der Waals surface area (Å²) >= 11 is 0. The van der Waals surface area contributed by atoms with Crippen molar-refractivity contribution in [3.8, 4) is 6.07 Å². The zero-order valence-corrected chi connectivity index (χ0v) is 18.6. The maximum atomic E-state index is 14.8. The standard InChI is InChI=1S/C24H28F2N4O4/c25-24(26)12-17-8-9-18(24)19(30(17)23(34)20(31)14-5-2-1-3-6-14)22(33)29-16(13-27)11-15-7-4-10-28-21(15)32/h1-3,5-6,15-20,31H,4,7-12H2,(H,28,32)(H,29,33)/t15-,16+,17-,18-,19-,20+/m0/s1. The maximum Gasteiger partial charge on any atom is 0.256 e. The van der Waals surface area contributed by atoms with Crippen LogP contribution in [0.3, 0.4) is 0 Å². The van der Waals surface area contributed by atoms with Gasteiger partial charge in [-0.25, -0.2) is 8.78 Å². The summed E-state index contributed by atoms with van der Waals surface area (Å²) in [7, 11) is 0. The highest BCUT2D eigenvalue weighted by molar-refractivity contribution is 5.91. The summed E-state index contributed by atoms with van der Waals surface area (Å²) in [5.41, 5.74) is 0.304. The first-order valence-electron chi connectivity index (χ1n) is 11.6. The Hall–Kier alpha value is -3.06. The second kappa shape index (κ2) is 9.66. The predicted octanol–water partition coefficient (Wildman–Crippen LogP) is 1.66. The number of hydrogen-bond donors (Lipinski definition) is 3. The van der Waals surface area contributed by atoms with Gasteiger partial charge in [0.15, 0.2) is 6.10 Å². The van der Waals surface area contributed by atoms with E-state index in [-0.39, 0.29) is 18.7 Å². The van der Waals surface area contributed by atoms with E-state index in [0.717, 1.165) is 11.3 Å². The van der Waals surface area contributed by atoms with Gasteiger partial charge in [-0.05, 0) is 37.7 Å². The largest absolute Gasteiger partial charge is 0.378 e. The second-order valence-electron chi connectivity index (χ2n) is 9.36. The van der Waals surface area contributed by atoms with Crippen molar-refractivity contribution >= 4 is 17.7 Å². The van der Waals surface area contributed by atoms with Crippen LogP contribution in [-0.4, -0.2) is 58.3 Å². The molecule has 10 heteroatoms. The van der Waals surface area contributed by atoms with E-state index in [1.807, 2.05) is 6.07 Å². The molecule has 4 aliphatic rings. The Morgan fingerprint density at radius 3 is 2.65 bits per heavy atom. The number of benzene rings is 1. The zero-order chi connectivity index (χ0) is 24.5. The van der Waals surface area contributed by atoms with Gasteiger partial charge in [-0.15, -0.1) is 0 Å². The Balaban J connectivity index is 1.56. The zero-order valence-electron chi connectivity index (χ0n) is 18.6. The number of carbonyl (C=O) groups is 3. The van der Waals surface area contributed by atoms with Crippen molar-refractivity contribution in [1.29, 1.82) is 5.26 Å². The molecule has 3 amide bonds. The Morgan fingerprint density at radius 1 is 1.26 bits per heavy atom. The third-order valence-corrected chi connectivity index (χ3v) is 7.20. The van der Waals surface area contributed by atoms with E-state index >= 15 is 0 Å². The molecule has 5 rings (SSSR count). The van der Waals surface area contributed by atoms with Crippen LogP contribution in [0.15, 0.2) is 30.3 Å². The molecule has 34 heavy (non-hydrogen) atoms. The quantitative estimate of drug-likeness (QED) is 0.579. The number of nitriles is 1. The normalized spacial score (nSPS) is 29.5. The molecule has 8 nitrogen and oxygen atoms in total. The Morgan fingerprint density at radius 2 is 2.00 bits per heavy atom. The molecule has 0 radical (unpaired) electrons. The van der Waals surface area contributed by atoms with E-state index in [1.165, 1.54) is 0 Å². The van der Waals surface area contributed by atoms with Gasteiger partial charge in [0.2, 0.25) is 11.8 Å². The fraction of sp³-hybridized carbons (Fsp3) is 0.583. The number of nitrogens with zero attached hydrogens (tertiary/aromatic N) is 2. The smallest absolute Gasteiger partial charge is 0.256 e. The summed E-state index contributed by atoms with van der Waals surface area (Å²) in [5, 5.41) is 25.5. The van der Waals surface area contributed by atoms with E-state index in [0.29, 0.717) is 24.9 Å². The number of hydrogen-bond acceptors (Lipinski definition) is 5. The van der Waals surface area contributed by atoms with Crippen LogP contribution in [0.4, 0.5) is 8.78 Å². The molecular weight excluding hydrogens is 446 g/mol. The van der Waals surface area contributed by atoms with Gasteiger partial charge >= 0.3 is 0 Å². The van der Waals surface area contributed by atoms with Crippen molar-refractivity contribution in [3.05, 3.63) is 35.9 Å². The van der Waals surface area contributed by atoms with Gasteiger partial charge < -0.3 is 20.6 Å². The number of alkyl halides is 2. The average Bonchev–Trinajstić information content (AvgIpc) is 2.83. The van der Waals surface area contributed by atoms with Crippen LogP contribution < -0.4 is 10.6 Å². The summed E-state index contributed by atoms with van der Waals surface area (Å²) in [6, 6.07) is 6.58. The Bertz CT molecular complexity index is 983. The van der Waals surface area contributed by atoms with Gasteiger partial charge in [-0.3, -0.25) is 14.4 Å². The maximum absolute atomic E-state index is 14.8. The molecule has 0 unspecified atom stereocenters. The minimum atomic E-state index is -3.15. The van der Waals surface area contributed by atoms with Gasteiger partial charge in [0, 0.05) is 24.9 Å². The lowest BCUT2D eigenvalue weighted by Crippen LogP contribution is -2.69. The Labute approximate surface area is 196 Å². The molecule has 0 spiro atoms. The van der Waals surface area contributed by atoms with E-state index in [4.69, 9.17) is 0 Å². The molecule has 182 valence electrons. The van der Waals surface area contributed by atoms with Gasteiger partial charge in [-0.1, -0.05) is 30.3 Å². The number of fused-ring (bicyclic) bond motifs is 3. The van der Waals surface area contributed by atoms with E-state index in [9.17, 15) is 33.5 Å². The van der Waals surface area contributed by atoms with Gasteiger partial charge in [0.05, 0.1) is 12.0 Å². The van der Waals surface area contributed by atoms with Crippen molar-refractivity contribution < 1.29 is 28.3 Å². The van der Waals surface area contributed by atoms with Crippen molar-refractivity contribution in [1.82, 2.24) is 15.5 Å². The van der Waals surface area contributed by atoms with Gasteiger partial charge in [0.25, 0.3) is 11.8 Å². The first-order valence-corrected chi connectivity index (χ1v) is 11.6. The van der Waals surface area contributed by atoms with Gasteiger partial charge in [-0.2, -0.15) is 5.26 Å². The van der Waals surface area contributed by atoms with Crippen LogP contribution in [0, 0.1) is 23.2 Å². The van der Waals surface area contributed by atoms with Crippen LogP contribution >= 0.6 is 0 Å². The molecule has 3 heterocycles. The lowest BCUT2D eigenvalue weighted by Gasteiger charge is -2.54. The Kier molecular flexibility index (Phi) is 6.84. The molecule has 1 saturated carbocycles. The van der Waals surface area contributed by atoms with Crippen molar-refractivity contribution in [3.63, 3.8) is 0 Å². The molecule has 6 atom stereocenters. The fourth-order valence-corrected chi connectivity index (χ4v) is 5.49. The SMILES string of the molecule is N#C[C@@H](C[C@@H]1CCCNC1=O)NC(=O)[C@@H]1[C@@H]2CC[C@@H](CC2(F)F)N1C(=O)[C@H](O)c1ccccc1. The van der Waals surface area contributed by atoms with Crippen LogP contribution in [-0.2, 0) is 14.4 Å². The molecule has 3 aliphatic heterocycles. The molecule has 4 fully saturated rings. The minimum Gasteiger partial charge on any atom is -0.378 e. The number of carbonyl (C=O) groups excluding carboxylic acids is 3.